The van der Waals surface area contributed by atoms with Gasteiger partial charge in [-0.3, -0.25) is 4.90 Å². The lowest BCUT2D eigenvalue weighted by Gasteiger charge is -2.28. The summed E-state index contributed by atoms with van der Waals surface area (Å²) in [5.74, 6) is 0.162. The molecule has 1 aromatic rings. The first-order valence-electron chi connectivity index (χ1n) is 7.43. The smallest absolute Gasteiger partial charge is 0.170 e. The van der Waals surface area contributed by atoms with Crippen LogP contribution >= 0.6 is 0 Å². The van der Waals surface area contributed by atoms with Gasteiger partial charge in [-0.1, -0.05) is 43.6 Å². The summed E-state index contributed by atoms with van der Waals surface area (Å²) < 4.78 is 0. The number of hydrogen-bond acceptors (Lipinski definition) is 3. The first kappa shape index (κ1) is 16.5. The second kappa shape index (κ2) is 8.59. The molecule has 4 nitrogen and oxygen atoms in total. The molecule has 3 N–H and O–H groups in total. The molecule has 0 saturated heterocycles. The van der Waals surface area contributed by atoms with Gasteiger partial charge in [-0.25, -0.2) is 0 Å². The number of nitrogens with zero attached hydrogens (tertiary/aromatic N) is 2. The summed E-state index contributed by atoms with van der Waals surface area (Å²) in [4.78, 5) is 2.49. The summed E-state index contributed by atoms with van der Waals surface area (Å²) in [5, 5.41) is 11.8. The summed E-state index contributed by atoms with van der Waals surface area (Å²) in [6.45, 7) is 8.72. The van der Waals surface area contributed by atoms with E-state index in [1.54, 1.807) is 0 Å². The van der Waals surface area contributed by atoms with Gasteiger partial charge in [-0.05, 0) is 37.9 Å². The number of unbranched alkanes of at least 4 members (excludes halogenated alkanes) is 1. The maximum Gasteiger partial charge on any atom is 0.170 e. The molecule has 0 aliphatic rings. The highest BCUT2D eigenvalue weighted by atomic mass is 16.4. The van der Waals surface area contributed by atoms with E-state index in [4.69, 9.17) is 10.9 Å². The van der Waals surface area contributed by atoms with Crippen LogP contribution in [0.5, 0.6) is 0 Å². The zero-order valence-corrected chi connectivity index (χ0v) is 12.8. The second-order valence-corrected chi connectivity index (χ2v) is 5.27. The molecule has 0 fully saturated rings. The molecule has 1 unspecified atom stereocenters. The van der Waals surface area contributed by atoms with Crippen LogP contribution in [0.2, 0.25) is 0 Å². The molecule has 0 aliphatic carbocycles. The molecule has 0 aromatic heterocycles. The van der Waals surface area contributed by atoms with Gasteiger partial charge in [-0.2, -0.15) is 0 Å². The molecule has 1 atom stereocenters. The third kappa shape index (κ3) is 4.85. The van der Waals surface area contributed by atoms with Gasteiger partial charge in [0, 0.05) is 18.2 Å². The van der Waals surface area contributed by atoms with Gasteiger partial charge in [0.25, 0.3) is 0 Å². The molecule has 0 amide bonds. The average molecular weight is 277 g/mol. The molecule has 0 saturated carbocycles. The van der Waals surface area contributed by atoms with Crippen LogP contribution in [0.25, 0.3) is 0 Å². The molecular weight excluding hydrogens is 250 g/mol. The predicted octanol–water partition coefficient (Wildman–Crippen LogP) is 3.18. The van der Waals surface area contributed by atoms with Crippen LogP contribution in [0.1, 0.15) is 51.2 Å². The Morgan fingerprint density at radius 3 is 2.75 bits per heavy atom. The van der Waals surface area contributed by atoms with E-state index in [0.717, 1.165) is 25.1 Å². The van der Waals surface area contributed by atoms with Crippen LogP contribution in [0.3, 0.4) is 0 Å². The summed E-state index contributed by atoms with van der Waals surface area (Å²) in [7, 11) is 0. The molecule has 4 heteroatoms. The number of nitrogens with two attached hydrogens (primary N) is 1. The molecular formula is C16H27N3O. The lowest BCUT2D eigenvalue weighted by molar-refractivity contribution is 0.192. The van der Waals surface area contributed by atoms with Crippen molar-refractivity contribution in [3.8, 4) is 0 Å². The van der Waals surface area contributed by atoms with Crippen molar-refractivity contribution < 1.29 is 5.21 Å². The summed E-state index contributed by atoms with van der Waals surface area (Å²) >= 11 is 0. The number of amidine groups is 1. The van der Waals surface area contributed by atoms with E-state index < -0.39 is 0 Å². The van der Waals surface area contributed by atoms with Crippen molar-refractivity contribution in [3.63, 3.8) is 0 Å². The number of benzene rings is 1. The molecule has 0 aliphatic heterocycles. The minimum Gasteiger partial charge on any atom is -0.409 e. The Hall–Kier alpha value is -1.55. The molecule has 1 aromatic carbocycles. The zero-order valence-electron chi connectivity index (χ0n) is 12.8. The van der Waals surface area contributed by atoms with Crippen molar-refractivity contribution in [2.45, 2.75) is 52.6 Å². The molecule has 0 spiro atoms. The lowest BCUT2D eigenvalue weighted by atomic mass is 10.1. The SMILES string of the molecule is CCCCN(Cc1cccc(C(N)=NO)c1)C(C)CC. The Balaban J connectivity index is 2.82. The molecule has 1 rings (SSSR count). The van der Waals surface area contributed by atoms with Crippen LogP contribution in [0.15, 0.2) is 29.4 Å². The van der Waals surface area contributed by atoms with Gasteiger partial charge in [0.2, 0.25) is 0 Å². The first-order chi connectivity index (χ1) is 9.62. The van der Waals surface area contributed by atoms with Gasteiger partial charge >= 0.3 is 0 Å². The highest BCUT2D eigenvalue weighted by Crippen LogP contribution is 2.13. The summed E-state index contributed by atoms with van der Waals surface area (Å²) in [6, 6.07) is 8.47. The van der Waals surface area contributed by atoms with Crippen LogP contribution in [0, 0.1) is 0 Å². The molecule has 0 radical (unpaired) electrons. The molecule has 112 valence electrons. The van der Waals surface area contributed by atoms with Gasteiger partial charge in [0.05, 0.1) is 0 Å². The molecule has 0 heterocycles. The number of oxime groups is 1. The Morgan fingerprint density at radius 2 is 2.15 bits per heavy atom. The second-order valence-electron chi connectivity index (χ2n) is 5.27. The van der Waals surface area contributed by atoms with Gasteiger partial charge in [0.15, 0.2) is 5.84 Å². The Morgan fingerprint density at radius 1 is 1.40 bits per heavy atom. The quantitative estimate of drug-likeness (QED) is 0.332. The first-order valence-corrected chi connectivity index (χ1v) is 7.43. The van der Waals surface area contributed by atoms with Crippen molar-refractivity contribution in [3.05, 3.63) is 35.4 Å². The van der Waals surface area contributed by atoms with E-state index in [2.05, 4.69) is 36.9 Å². The fourth-order valence-electron chi connectivity index (χ4n) is 2.20. The van der Waals surface area contributed by atoms with E-state index in [1.807, 2.05) is 18.2 Å². The largest absolute Gasteiger partial charge is 0.409 e. The third-order valence-electron chi connectivity index (χ3n) is 3.73. The molecule has 20 heavy (non-hydrogen) atoms. The fraction of sp³-hybridized carbons (Fsp3) is 0.562. The zero-order chi connectivity index (χ0) is 15.0. The summed E-state index contributed by atoms with van der Waals surface area (Å²) in [6.07, 6.45) is 3.56. The normalized spacial score (nSPS) is 13.7. The Kier molecular flexibility index (Phi) is 7.09. The highest BCUT2D eigenvalue weighted by molar-refractivity contribution is 5.97. The van der Waals surface area contributed by atoms with Gasteiger partial charge < -0.3 is 10.9 Å². The van der Waals surface area contributed by atoms with Crippen molar-refractivity contribution >= 4 is 5.84 Å². The molecule has 0 bridgehead atoms. The average Bonchev–Trinajstić information content (AvgIpc) is 2.50. The van der Waals surface area contributed by atoms with Crippen molar-refractivity contribution in [1.82, 2.24) is 4.90 Å². The third-order valence-corrected chi connectivity index (χ3v) is 3.73. The van der Waals surface area contributed by atoms with E-state index in [0.29, 0.717) is 6.04 Å². The minimum absolute atomic E-state index is 0.162. The van der Waals surface area contributed by atoms with Crippen LogP contribution < -0.4 is 5.73 Å². The standard InChI is InChI=1S/C16H27N3O/c1-4-6-10-19(13(3)5-2)12-14-8-7-9-15(11-14)16(17)18-20/h7-9,11,13,20H,4-6,10,12H2,1-3H3,(H2,17,18). The van der Waals surface area contributed by atoms with Gasteiger partial charge in [-0.15, -0.1) is 0 Å². The highest BCUT2D eigenvalue weighted by Gasteiger charge is 2.12. The monoisotopic (exact) mass is 277 g/mol. The maximum atomic E-state index is 8.76. The van der Waals surface area contributed by atoms with Crippen LogP contribution in [-0.2, 0) is 6.54 Å². The predicted molar refractivity (Wildman–Crippen MR) is 84.0 cm³/mol. The Bertz CT molecular complexity index is 431. The lowest BCUT2D eigenvalue weighted by Crippen LogP contribution is -2.33. The van der Waals surface area contributed by atoms with Crippen molar-refractivity contribution in [2.75, 3.05) is 6.54 Å². The number of rotatable bonds is 8. The van der Waals surface area contributed by atoms with Gasteiger partial charge in [0.1, 0.15) is 0 Å². The topological polar surface area (TPSA) is 61.8 Å². The van der Waals surface area contributed by atoms with E-state index in [1.165, 1.54) is 18.4 Å². The van der Waals surface area contributed by atoms with E-state index >= 15 is 0 Å². The van der Waals surface area contributed by atoms with Crippen molar-refractivity contribution in [1.29, 1.82) is 0 Å². The summed E-state index contributed by atoms with van der Waals surface area (Å²) in [5.41, 5.74) is 7.61. The van der Waals surface area contributed by atoms with Crippen LogP contribution in [-0.4, -0.2) is 28.5 Å². The van der Waals surface area contributed by atoms with E-state index in [-0.39, 0.29) is 5.84 Å². The van der Waals surface area contributed by atoms with Crippen LogP contribution in [0.4, 0.5) is 0 Å². The minimum atomic E-state index is 0.162. The maximum absolute atomic E-state index is 8.76. The van der Waals surface area contributed by atoms with E-state index in [9.17, 15) is 0 Å². The number of hydrogen-bond donors (Lipinski definition) is 2. The Labute approximate surface area is 122 Å². The van der Waals surface area contributed by atoms with Crippen molar-refractivity contribution in [2.24, 2.45) is 10.9 Å². The fourth-order valence-corrected chi connectivity index (χ4v) is 2.20.